The second-order valence-corrected chi connectivity index (χ2v) is 7.87. The maximum absolute atomic E-state index is 11.6. The zero-order chi connectivity index (χ0) is 22.2. The first kappa shape index (κ1) is 22.5. The molecule has 3 heteroatoms. The zero-order valence-corrected chi connectivity index (χ0v) is 18.4. The van der Waals surface area contributed by atoms with Crippen LogP contribution in [0.1, 0.15) is 30.0 Å². The number of carbonyl (C=O) groups is 1. The van der Waals surface area contributed by atoms with Crippen LogP contribution in [0.25, 0.3) is 22.3 Å². The molecule has 0 amide bonds. The Morgan fingerprint density at radius 2 is 1.61 bits per heavy atom. The molecule has 0 aliphatic rings. The maximum atomic E-state index is 11.6. The van der Waals surface area contributed by atoms with Crippen LogP contribution in [0.3, 0.4) is 0 Å². The number of aryl methyl sites for hydroxylation is 2. The van der Waals surface area contributed by atoms with Crippen molar-refractivity contribution in [2.24, 2.45) is 0 Å². The van der Waals surface area contributed by atoms with Gasteiger partial charge in [0.2, 0.25) is 0 Å². The third-order valence-corrected chi connectivity index (χ3v) is 5.40. The van der Waals surface area contributed by atoms with E-state index in [-0.39, 0.29) is 12.6 Å². The van der Waals surface area contributed by atoms with E-state index in [0.29, 0.717) is 18.6 Å². The summed E-state index contributed by atoms with van der Waals surface area (Å²) in [6, 6.07) is 23.4. The summed E-state index contributed by atoms with van der Waals surface area (Å²) < 4.78 is 5.22. The second-order valence-electron chi connectivity index (χ2n) is 7.87. The molecule has 3 nitrogen and oxygen atoms in total. The fourth-order valence-electron chi connectivity index (χ4n) is 3.74. The van der Waals surface area contributed by atoms with E-state index < -0.39 is 0 Å². The Morgan fingerprint density at radius 1 is 0.903 bits per heavy atom. The molecule has 3 aromatic carbocycles. The molecule has 0 aromatic heterocycles. The van der Waals surface area contributed by atoms with E-state index in [1.807, 2.05) is 6.07 Å². The number of aliphatic hydroxyl groups excluding tert-OH is 1. The van der Waals surface area contributed by atoms with Crippen LogP contribution in [-0.4, -0.2) is 24.3 Å². The molecule has 3 aromatic rings. The SMILES string of the molecule is C=C(C)C(=O)OCCCc1cc(-c2ccc(-c3ccccc3)c(C)c2)ccc1CCO. The van der Waals surface area contributed by atoms with Crippen molar-refractivity contribution in [3.8, 4) is 22.3 Å². The van der Waals surface area contributed by atoms with Crippen molar-refractivity contribution in [3.05, 3.63) is 95.6 Å². The smallest absolute Gasteiger partial charge is 0.333 e. The van der Waals surface area contributed by atoms with E-state index in [1.54, 1.807) is 6.92 Å². The Bertz CT molecular complexity index is 1050. The maximum Gasteiger partial charge on any atom is 0.333 e. The topological polar surface area (TPSA) is 46.5 Å². The summed E-state index contributed by atoms with van der Waals surface area (Å²) in [5.41, 5.74) is 8.74. The third-order valence-electron chi connectivity index (χ3n) is 5.40. The molecule has 0 bridgehead atoms. The molecule has 160 valence electrons. The highest BCUT2D eigenvalue weighted by Gasteiger charge is 2.09. The Balaban J connectivity index is 1.80. The number of hydrogen-bond acceptors (Lipinski definition) is 3. The van der Waals surface area contributed by atoms with Crippen molar-refractivity contribution in [1.82, 2.24) is 0 Å². The molecule has 0 heterocycles. The normalized spacial score (nSPS) is 10.7. The first-order valence-electron chi connectivity index (χ1n) is 10.7. The molecule has 0 unspecified atom stereocenters. The number of ether oxygens (including phenoxy) is 1. The molecule has 3 rings (SSSR count). The van der Waals surface area contributed by atoms with Gasteiger partial charge in [0, 0.05) is 12.2 Å². The van der Waals surface area contributed by atoms with Gasteiger partial charge in [-0.25, -0.2) is 4.79 Å². The van der Waals surface area contributed by atoms with Gasteiger partial charge in [-0.05, 0) is 72.1 Å². The molecule has 0 radical (unpaired) electrons. The number of benzene rings is 3. The molecule has 0 saturated heterocycles. The lowest BCUT2D eigenvalue weighted by atomic mass is 9.92. The fraction of sp³-hybridized carbons (Fsp3) is 0.250. The van der Waals surface area contributed by atoms with E-state index in [1.165, 1.54) is 27.8 Å². The van der Waals surface area contributed by atoms with Crippen LogP contribution in [0, 0.1) is 6.92 Å². The van der Waals surface area contributed by atoms with Crippen LogP contribution in [0.5, 0.6) is 0 Å². The number of esters is 1. The highest BCUT2D eigenvalue weighted by Crippen LogP contribution is 2.30. The van der Waals surface area contributed by atoms with Gasteiger partial charge in [-0.2, -0.15) is 0 Å². The number of carbonyl (C=O) groups excluding carboxylic acids is 1. The molecule has 31 heavy (non-hydrogen) atoms. The van der Waals surface area contributed by atoms with Crippen molar-refractivity contribution in [1.29, 1.82) is 0 Å². The van der Waals surface area contributed by atoms with Gasteiger partial charge in [0.15, 0.2) is 0 Å². The van der Waals surface area contributed by atoms with Gasteiger partial charge in [-0.15, -0.1) is 0 Å². The molecular formula is C28H30O3. The Morgan fingerprint density at radius 3 is 2.29 bits per heavy atom. The predicted molar refractivity (Wildman–Crippen MR) is 127 cm³/mol. The van der Waals surface area contributed by atoms with Crippen molar-refractivity contribution in [3.63, 3.8) is 0 Å². The van der Waals surface area contributed by atoms with Crippen LogP contribution < -0.4 is 0 Å². The number of aliphatic hydroxyl groups is 1. The first-order chi connectivity index (χ1) is 15.0. The summed E-state index contributed by atoms with van der Waals surface area (Å²) in [5, 5.41) is 9.43. The van der Waals surface area contributed by atoms with Gasteiger partial charge >= 0.3 is 5.97 Å². The molecule has 0 atom stereocenters. The van der Waals surface area contributed by atoms with E-state index in [0.717, 1.165) is 24.0 Å². The average Bonchev–Trinajstić information content (AvgIpc) is 2.78. The Hall–Kier alpha value is -3.17. The van der Waals surface area contributed by atoms with Crippen LogP contribution in [-0.2, 0) is 22.4 Å². The lowest BCUT2D eigenvalue weighted by molar-refractivity contribution is -0.139. The molecule has 0 aliphatic heterocycles. The summed E-state index contributed by atoms with van der Waals surface area (Å²) >= 11 is 0. The lowest BCUT2D eigenvalue weighted by Crippen LogP contribution is -2.07. The van der Waals surface area contributed by atoms with Gasteiger partial charge in [0.05, 0.1) is 6.61 Å². The van der Waals surface area contributed by atoms with Gasteiger partial charge < -0.3 is 9.84 Å². The highest BCUT2D eigenvalue weighted by atomic mass is 16.5. The highest BCUT2D eigenvalue weighted by molar-refractivity contribution is 5.86. The summed E-state index contributed by atoms with van der Waals surface area (Å²) in [5.74, 6) is -0.349. The Labute approximate surface area is 185 Å². The van der Waals surface area contributed by atoms with Crippen LogP contribution in [0.2, 0.25) is 0 Å². The molecule has 0 spiro atoms. The summed E-state index contributed by atoms with van der Waals surface area (Å²) in [4.78, 5) is 11.6. The quantitative estimate of drug-likeness (QED) is 0.269. The Kier molecular flexibility index (Phi) is 7.80. The third kappa shape index (κ3) is 5.93. The van der Waals surface area contributed by atoms with Gasteiger partial charge in [0.25, 0.3) is 0 Å². The molecule has 0 aliphatic carbocycles. The predicted octanol–water partition coefficient (Wildman–Crippen LogP) is 5.92. The molecule has 0 saturated carbocycles. The summed E-state index contributed by atoms with van der Waals surface area (Å²) in [7, 11) is 0. The largest absolute Gasteiger partial charge is 0.462 e. The molecule has 1 N–H and O–H groups in total. The van der Waals surface area contributed by atoms with Gasteiger partial charge in [-0.3, -0.25) is 0 Å². The minimum absolute atomic E-state index is 0.113. The van der Waals surface area contributed by atoms with E-state index in [9.17, 15) is 9.90 Å². The second kappa shape index (κ2) is 10.7. The number of rotatable bonds is 9. The van der Waals surface area contributed by atoms with E-state index in [4.69, 9.17) is 4.74 Å². The molecule has 0 fully saturated rings. The van der Waals surface area contributed by atoms with E-state index >= 15 is 0 Å². The van der Waals surface area contributed by atoms with E-state index in [2.05, 4.69) is 74.2 Å². The minimum Gasteiger partial charge on any atom is -0.462 e. The van der Waals surface area contributed by atoms with Crippen molar-refractivity contribution < 1.29 is 14.6 Å². The summed E-state index contributed by atoms with van der Waals surface area (Å²) in [6.07, 6.45) is 2.13. The molecular weight excluding hydrogens is 384 g/mol. The fourth-order valence-corrected chi connectivity index (χ4v) is 3.74. The monoisotopic (exact) mass is 414 g/mol. The zero-order valence-electron chi connectivity index (χ0n) is 18.4. The van der Waals surface area contributed by atoms with Crippen LogP contribution in [0.4, 0.5) is 0 Å². The van der Waals surface area contributed by atoms with Crippen molar-refractivity contribution in [2.75, 3.05) is 13.2 Å². The first-order valence-corrected chi connectivity index (χ1v) is 10.7. The van der Waals surface area contributed by atoms with Gasteiger partial charge in [0.1, 0.15) is 0 Å². The van der Waals surface area contributed by atoms with Crippen molar-refractivity contribution in [2.45, 2.75) is 33.1 Å². The summed E-state index contributed by atoms with van der Waals surface area (Å²) in [6.45, 7) is 7.87. The standard InChI is InChI=1S/C28H30O3/c1-20(2)28(30)31-17-7-10-24-19-26(12-11-22(24)15-16-29)25-13-14-27(21(3)18-25)23-8-5-4-6-9-23/h4-6,8-9,11-14,18-19,29H,1,7,10,15-17H2,2-3H3. The average molecular weight is 415 g/mol. The lowest BCUT2D eigenvalue weighted by Gasteiger charge is -2.14. The van der Waals surface area contributed by atoms with Crippen LogP contribution >= 0.6 is 0 Å². The van der Waals surface area contributed by atoms with Crippen LogP contribution in [0.15, 0.2) is 78.9 Å². The van der Waals surface area contributed by atoms with Gasteiger partial charge in [-0.1, -0.05) is 73.3 Å². The number of hydrogen-bond donors (Lipinski definition) is 1. The van der Waals surface area contributed by atoms with Crippen molar-refractivity contribution >= 4 is 5.97 Å². The minimum atomic E-state index is -0.349.